The summed E-state index contributed by atoms with van der Waals surface area (Å²) in [5, 5.41) is 12.7. The maximum absolute atomic E-state index is 15.0. The zero-order valence-electron chi connectivity index (χ0n) is 24.4. The van der Waals surface area contributed by atoms with E-state index in [1.807, 2.05) is 55.5 Å². The number of amides is 2. The fraction of sp³-hybridized carbons (Fsp3) is 0.273. The number of carbonyl (C=O) groups is 2. The zero-order chi connectivity index (χ0) is 30.9. The number of phenolic OH excluding ortho intramolecular Hbond substituents is 1. The molecule has 4 aromatic rings. The molecule has 0 radical (unpaired) electrons. The van der Waals surface area contributed by atoms with Gasteiger partial charge in [0, 0.05) is 18.5 Å². The number of nitrogens with one attached hydrogen (secondary N) is 1. The van der Waals surface area contributed by atoms with E-state index in [1.165, 1.54) is 23.5 Å². The molecule has 3 aliphatic rings. The summed E-state index contributed by atoms with van der Waals surface area (Å²) in [5.41, 5.74) is 3.80. The van der Waals surface area contributed by atoms with Crippen LogP contribution < -0.4 is 21.5 Å². The molecule has 7 rings (SSSR count). The van der Waals surface area contributed by atoms with E-state index in [0.29, 0.717) is 22.4 Å². The first kappa shape index (κ1) is 27.5. The first-order valence-corrected chi connectivity index (χ1v) is 14.4. The normalized spacial score (nSPS) is 23.9. The van der Waals surface area contributed by atoms with Gasteiger partial charge in [0.15, 0.2) is 11.5 Å². The van der Waals surface area contributed by atoms with E-state index in [9.17, 15) is 19.5 Å². The number of allylic oxidation sites excluding steroid dienone is 2. The number of benzene rings is 3. The number of para-hydroxylation sites is 1. The summed E-state index contributed by atoms with van der Waals surface area (Å²) in [5.74, 6) is -2.74. The number of aromatic hydroxyl groups is 1. The summed E-state index contributed by atoms with van der Waals surface area (Å²) in [6.45, 7) is 2.03. The Morgan fingerprint density at radius 2 is 1.66 bits per heavy atom. The molecular formula is C33H31N5O6. The lowest BCUT2D eigenvalue weighted by molar-refractivity contribution is -0.138. The summed E-state index contributed by atoms with van der Waals surface area (Å²) in [7, 11) is 2.86. The Morgan fingerprint density at radius 1 is 0.932 bits per heavy atom. The number of hydrogen-bond donors (Lipinski definition) is 2. The molecule has 1 saturated heterocycles. The van der Waals surface area contributed by atoms with Crippen molar-refractivity contribution in [2.45, 2.75) is 37.3 Å². The predicted molar refractivity (Wildman–Crippen MR) is 161 cm³/mol. The average molecular weight is 594 g/mol. The third-order valence-corrected chi connectivity index (χ3v) is 9.41. The van der Waals surface area contributed by atoms with Crippen molar-refractivity contribution in [3.05, 3.63) is 122 Å². The standard InChI is InChI=1S/C33H31N5O6/c1-19-12-14-21(15-13-19)34-37-29(40)24-18-25-22(16-17-36-31(42)35(2)32(43)38(25)36)27(23-10-7-11-26(44-3)28(23)39)33(24,30(37)41)20-8-5-4-6-9-20/h4-16,24-25,27,34,39H,17-18H2,1-3H3/t24-,25+,27+,33+/m0/s1. The molecule has 0 unspecified atom stereocenters. The quantitative estimate of drug-likeness (QED) is 0.269. The molecule has 1 aliphatic carbocycles. The maximum Gasteiger partial charge on any atom is 0.347 e. The van der Waals surface area contributed by atoms with Gasteiger partial charge in [-0.2, -0.15) is 5.01 Å². The van der Waals surface area contributed by atoms with Gasteiger partial charge in [0.25, 0.3) is 11.8 Å². The first-order chi connectivity index (χ1) is 21.2. The van der Waals surface area contributed by atoms with Gasteiger partial charge in [-0.05, 0) is 42.7 Å². The third kappa shape index (κ3) is 3.61. The molecule has 11 nitrogen and oxygen atoms in total. The van der Waals surface area contributed by atoms with Gasteiger partial charge < -0.3 is 9.84 Å². The van der Waals surface area contributed by atoms with E-state index in [4.69, 9.17) is 4.74 Å². The minimum Gasteiger partial charge on any atom is -0.504 e. The zero-order valence-corrected chi connectivity index (χ0v) is 24.4. The van der Waals surface area contributed by atoms with Crippen molar-refractivity contribution in [3.63, 3.8) is 0 Å². The SMILES string of the molecule is COc1cccc([C@H]2C3=CCn4c(=O)n(C)c(=O)n4[C@@H]3C[C@H]3C(=O)N(Nc4ccc(C)cc4)C(=O)[C@@]23c2ccccc2)c1O. The van der Waals surface area contributed by atoms with Gasteiger partial charge in [-0.15, -0.1) is 0 Å². The molecule has 1 saturated carbocycles. The summed E-state index contributed by atoms with van der Waals surface area (Å²) in [6.07, 6.45) is 1.94. The average Bonchev–Trinajstić information content (AvgIpc) is 3.39. The molecule has 0 bridgehead atoms. The van der Waals surface area contributed by atoms with Gasteiger partial charge in [0.1, 0.15) is 0 Å². The molecule has 1 aromatic heterocycles. The second-order valence-electron chi connectivity index (χ2n) is 11.6. The van der Waals surface area contributed by atoms with Crippen molar-refractivity contribution >= 4 is 17.5 Å². The number of anilines is 1. The molecule has 3 heterocycles. The van der Waals surface area contributed by atoms with Crippen LogP contribution in [0.5, 0.6) is 11.5 Å². The van der Waals surface area contributed by atoms with Crippen LogP contribution in [0.4, 0.5) is 5.69 Å². The van der Waals surface area contributed by atoms with Crippen LogP contribution in [0, 0.1) is 12.8 Å². The summed E-state index contributed by atoms with van der Waals surface area (Å²) in [6, 6.07) is 20.8. The van der Waals surface area contributed by atoms with Crippen LogP contribution in [0.25, 0.3) is 0 Å². The van der Waals surface area contributed by atoms with Crippen LogP contribution in [-0.2, 0) is 28.6 Å². The molecular weight excluding hydrogens is 562 g/mol. The molecule has 44 heavy (non-hydrogen) atoms. The molecule has 2 aliphatic heterocycles. The number of carbonyl (C=O) groups excluding carboxylic acids is 2. The topological polar surface area (TPSA) is 128 Å². The van der Waals surface area contributed by atoms with E-state index in [-0.39, 0.29) is 24.5 Å². The molecule has 11 heteroatoms. The minimum atomic E-state index is -1.50. The number of methoxy groups -OCH3 is 1. The molecule has 0 spiro atoms. The van der Waals surface area contributed by atoms with Crippen LogP contribution in [0.1, 0.15) is 35.1 Å². The summed E-state index contributed by atoms with van der Waals surface area (Å²) in [4.78, 5) is 56.0. The second-order valence-corrected chi connectivity index (χ2v) is 11.6. The number of phenols is 1. The van der Waals surface area contributed by atoms with Gasteiger partial charge >= 0.3 is 11.4 Å². The third-order valence-electron chi connectivity index (χ3n) is 9.41. The van der Waals surface area contributed by atoms with Crippen molar-refractivity contribution in [1.82, 2.24) is 18.9 Å². The summed E-state index contributed by atoms with van der Waals surface area (Å²) < 4.78 is 9.26. The van der Waals surface area contributed by atoms with Crippen LogP contribution >= 0.6 is 0 Å². The highest BCUT2D eigenvalue weighted by atomic mass is 16.5. The van der Waals surface area contributed by atoms with Crippen LogP contribution in [0.15, 0.2) is 94.0 Å². The highest BCUT2D eigenvalue weighted by Crippen LogP contribution is 2.63. The number of aromatic nitrogens is 3. The Labute approximate surface area is 252 Å². The van der Waals surface area contributed by atoms with E-state index >= 15 is 4.79 Å². The van der Waals surface area contributed by atoms with Gasteiger partial charge in [0.2, 0.25) is 0 Å². The number of hydrazine groups is 1. The number of rotatable bonds is 5. The Morgan fingerprint density at radius 3 is 2.36 bits per heavy atom. The van der Waals surface area contributed by atoms with Crippen molar-refractivity contribution in [3.8, 4) is 11.5 Å². The van der Waals surface area contributed by atoms with Crippen molar-refractivity contribution in [2.24, 2.45) is 13.0 Å². The number of hydrogen-bond acceptors (Lipinski definition) is 7. The van der Waals surface area contributed by atoms with E-state index < -0.39 is 46.5 Å². The molecule has 224 valence electrons. The lowest BCUT2D eigenvalue weighted by Gasteiger charge is -2.49. The number of imide groups is 1. The lowest BCUT2D eigenvalue weighted by Crippen LogP contribution is -2.53. The smallest absolute Gasteiger partial charge is 0.347 e. The van der Waals surface area contributed by atoms with Crippen molar-refractivity contribution < 1.29 is 19.4 Å². The molecule has 4 atom stereocenters. The Balaban J connectivity index is 1.52. The molecule has 2 fully saturated rings. The van der Waals surface area contributed by atoms with Crippen LogP contribution in [0.2, 0.25) is 0 Å². The van der Waals surface area contributed by atoms with Gasteiger partial charge in [0.05, 0.1) is 36.7 Å². The highest BCUT2D eigenvalue weighted by Gasteiger charge is 2.69. The predicted octanol–water partition coefficient (Wildman–Crippen LogP) is 2.99. The van der Waals surface area contributed by atoms with Crippen LogP contribution in [-0.4, -0.2) is 43.0 Å². The van der Waals surface area contributed by atoms with Gasteiger partial charge in [-0.3, -0.25) is 15.0 Å². The second kappa shape index (κ2) is 9.87. The largest absolute Gasteiger partial charge is 0.504 e. The first-order valence-electron chi connectivity index (χ1n) is 14.4. The van der Waals surface area contributed by atoms with E-state index in [2.05, 4.69) is 5.43 Å². The number of aryl methyl sites for hydroxylation is 1. The number of ether oxygens (including phenoxy) is 1. The van der Waals surface area contributed by atoms with Crippen molar-refractivity contribution in [1.29, 1.82) is 0 Å². The van der Waals surface area contributed by atoms with Gasteiger partial charge in [-0.25, -0.2) is 23.5 Å². The molecule has 2 amide bonds. The minimum absolute atomic E-state index is 0.0853. The fourth-order valence-corrected chi connectivity index (χ4v) is 7.40. The summed E-state index contributed by atoms with van der Waals surface area (Å²) >= 11 is 0. The monoisotopic (exact) mass is 593 g/mol. The Bertz CT molecular complexity index is 1970. The number of fused-ring (bicyclic) bond motifs is 4. The maximum atomic E-state index is 15.0. The fourth-order valence-electron chi connectivity index (χ4n) is 7.40. The lowest BCUT2D eigenvalue weighted by atomic mass is 9.53. The van der Waals surface area contributed by atoms with Crippen LogP contribution in [0.3, 0.4) is 0 Å². The molecule has 3 aromatic carbocycles. The highest BCUT2D eigenvalue weighted by molar-refractivity contribution is 6.12. The van der Waals surface area contributed by atoms with E-state index in [1.54, 1.807) is 30.3 Å². The van der Waals surface area contributed by atoms with Gasteiger partial charge in [-0.1, -0.05) is 66.2 Å². The Kier molecular flexibility index (Phi) is 6.17. The Hall–Kier alpha value is -5.32. The molecule has 2 N–H and O–H groups in total. The van der Waals surface area contributed by atoms with E-state index in [0.717, 1.165) is 15.1 Å². The number of nitrogens with zero attached hydrogens (tertiary/aromatic N) is 4. The van der Waals surface area contributed by atoms with Crippen molar-refractivity contribution in [2.75, 3.05) is 12.5 Å².